The van der Waals surface area contributed by atoms with Crippen LogP contribution in [0.15, 0.2) is 66.0 Å². The number of aromatic nitrogens is 2. The third-order valence-corrected chi connectivity index (χ3v) is 5.81. The molecule has 0 unspecified atom stereocenters. The summed E-state index contributed by atoms with van der Waals surface area (Å²) in [5.74, 6) is -0.176. The topological polar surface area (TPSA) is 73.2 Å². The van der Waals surface area contributed by atoms with E-state index in [1.165, 1.54) is 18.3 Å². The van der Waals surface area contributed by atoms with Gasteiger partial charge in [-0.3, -0.25) is 9.59 Å². The van der Waals surface area contributed by atoms with Gasteiger partial charge in [-0.15, -0.1) is 11.3 Å². The number of benzene rings is 2. The summed E-state index contributed by atoms with van der Waals surface area (Å²) >= 11 is 1.39. The third-order valence-electron chi connectivity index (χ3n) is 4.95. The molecule has 0 bridgehead atoms. The Kier molecular flexibility index (Phi) is 6.18. The Morgan fingerprint density at radius 2 is 1.78 bits per heavy atom. The number of ether oxygens (including phenoxy) is 1. The molecule has 2 aromatic heterocycles. The van der Waals surface area contributed by atoms with Crippen molar-refractivity contribution >= 4 is 28.9 Å². The number of nitrogens with one attached hydrogen (secondary N) is 1. The summed E-state index contributed by atoms with van der Waals surface area (Å²) in [6, 6.07) is 19.0. The minimum atomic E-state index is -0.415. The highest BCUT2D eigenvalue weighted by atomic mass is 32.1. The summed E-state index contributed by atoms with van der Waals surface area (Å²) in [6.45, 7) is 5.41. The smallest absolute Gasteiger partial charge is 0.309 e. The molecule has 0 aliphatic rings. The molecule has 2 aromatic carbocycles. The van der Waals surface area contributed by atoms with Crippen molar-refractivity contribution in [3.05, 3.63) is 82.2 Å². The summed E-state index contributed by atoms with van der Waals surface area (Å²) in [5, 5.41) is 9.50. The molecule has 0 aliphatic carbocycles. The van der Waals surface area contributed by atoms with Crippen LogP contribution < -0.4 is 10.1 Å². The Balaban J connectivity index is 1.72. The van der Waals surface area contributed by atoms with Crippen molar-refractivity contribution in [3.63, 3.8) is 0 Å². The summed E-state index contributed by atoms with van der Waals surface area (Å²) in [5.41, 5.74) is 5.06. The van der Waals surface area contributed by atoms with E-state index < -0.39 is 5.97 Å². The van der Waals surface area contributed by atoms with Gasteiger partial charge in [0, 0.05) is 12.6 Å². The Labute approximate surface area is 190 Å². The second-order valence-corrected chi connectivity index (χ2v) is 8.28. The van der Waals surface area contributed by atoms with Crippen molar-refractivity contribution in [3.8, 4) is 22.7 Å². The standard InChI is InChI=1S/C25H23N3O3S/c1-4-21-23(18-9-11-19(12-10-18)26-24(30)22-6-5-15-32-22)25(31-17(3)29)28(27-21)20-13-7-16(2)8-14-20/h5-15H,4H2,1-3H3,(H,26,30). The van der Waals surface area contributed by atoms with Gasteiger partial charge in [-0.2, -0.15) is 9.78 Å². The molecule has 4 rings (SSSR count). The number of anilines is 1. The average molecular weight is 446 g/mol. The van der Waals surface area contributed by atoms with E-state index in [-0.39, 0.29) is 5.91 Å². The van der Waals surface area contributed by atoms with Crippen LogP contribution >= 0.6 is 11.3 Å². The van der Waals surface area contributed by atoms with Crippen LogP contribution in [0.5, 0.6) is 5.88 Å². The fourth-order valence-corrected chi connectivity index (χ4v) is 4.01. The number of thiophene rings is 1. The fourth-order valence-electron chi connectivity index (χ4n) is 3.40. The number of hydrogen-bond acceptors (Lipinski definition) is 5. The maximum Gasteiger partial charge on any atom is 0.309 e. The number of rotatable bonds is 6. The van der Waals surface area contributed by atoms with Gasteiger partial charge in [0.05, 0.1) is 21.8 Å². The van der Waals surface area contributed by atoms with Crippen molar-refractivity contribution in [1.29, 1.82) is 0 Å². The molecule has 162 valence electrons. The summed E-state index contributed by atoms with van der Waals surface area (Å²) in [6.07, 6.45) is 0.666. The highest BCUT2D eigenvalue weighted by molar-refractivity contribution is 7.12. The fraction of sp³-hybridized carbons (Fsp3) is 0.160. The largest absolute Gasteiger partial charge is 0.407 e. The van der Waals surface area contributed by atoms with Crippen molar-refractivity contribution in [1.82, 2.24) is 9.78 Å². The molecule has 6 nitrogen and oxygen atoms in total. The van der Waals surface area contributed by atoms with E-state index in [1.54, 1.807) is 10.7 Å². The maximum absolute atomic E-state index is 12.3. The molecule has 0 fully saturated rings. The Morgan fingerprint density at radius 1 is 1.06 bits per heavy atom. The van der Waals surface area contributed by atoms with Crippen LogP contribution in [-0.4, -0.2) is 21.7 Å². The predicted octanol–water partition coefficient (Wildman–Crippen LogP) is 5.65. The van der Waals surface area contributed by atoms with Gasteiger partial charge in [0.2, 0.25) is 5.88 Å². The zero-order chi connectivity index (χ0) is 22.7. The molecule has 4 aromatic rings. The lowest BCUT2D eigenvalue weighted by Crippen LogP contribution is -2.10. The van der Waals surface area contributed by atoms with Gasteiger partial charge in [0.15, 0.2) is 0 Å². The van der Waals surface area contributed by atoms with Gasteiger partial charge in [-0.1, -0.05) is 42.8 Å². The van der Waals surface area contributed by atoms with Crippen molar-refractivity contribution in [2.75, 3.05) is 5.32 Å². The third kappa shape index (κ3) is 4.48. The molecule has 0 spiro atoms. The van der Waals surface area contributed by atoms with Crippen molar-refractivity contribution in [2.45, 2.75) is 27.2 Å². The molecule has 1 amide bonds. The number of nitrogens with zero attached hydrogens (tertiary/aromatic N) is 2. The predicted molar refractivity (Wildman–Crippen MR) is 127 cm³/mol. The average Bonchev–Trinajstić information content (AvgIpc) is 3.43. The second kappa shape index (κ2) is 9.20. The molecule has 0 saturated carbocycles. The lowest BCUT2D eigenvalue weighted by molar-refractivity contribution is -0.132. The molecular weight excluding hydrogens is 422 g/mol. The van der Waals surface area contributed by atoms with E-state index in [1.807, 2.05) is 73.8 Å². The lowest BCUT2D eigenvalue weighted by atomic mass is 10.0. The number of esters is 1. The number of amides is 1. The molecule has 0 saturated heterocycles. The molecule has 2 heterocycles. The number of aryl methyl sites for hydroxylation is 2. The molecule has 0 atom stereocenters. The van der Waals surface area contributed by atoms with Crippen LogP contribution in [0.25, 0.3) is 16.8 Å². The Hall–Kier alpha value is -3.71. The van der Waals surface area contributed by atoms with Crippen LogP contribution in [0, 0.1) is 6.92 Å². The van der Waals surface area contributed by atoms with Gasteiger partial charge in [-0.05, 0) is 54.6 Å². The van der Waals surface area contributed by atoms with Gasteiger partial charge in [0.1, 0.15) is 0 Å². The zero-order valence-corrected chi connectivity index (χ0v) is 18.9. The van der Waals surface area contributed by atoms with E-state index in [0.717, 1.165) is 28.1 Å². The SMILES string of the molecule is CCc1nn(-c2ccc(C)cc2)c(OC(C)=O)c1-c1ccc(NC(=O)c2cccs2)cc1. The van der Waals surface area contributed by atoms with Gasteiger partial charge < -0.3 is 10.1 Å². The lowest BCUT2D eigenvalue weighted by Gasteiger charge is -2.10. The molecule has 0 aliphatic heterocycles. The van der Waals surface area contributed by atoms with Crippen LogP contribution in [0.3, 0.4) is 0 Å². The van der Waals surface area contributed by atoms with Gasteiger partial charge >= 0.3 is 5.97 Å². The first-order chi connectivity index (χ1) is 15.5. The second-order valence-electron chi connectivity index (χ2n) is 7.33. The Morgan fingerprint density at radius 3 is 2.38 bits per heavy atom. The highest BCUT2D eigenvalue weighted by Crippen LogP contribution is 2.36. The first-order valence-electron chi connectivity index (χ1n) is 10.3. The van der Waals surface area contributed by atoms with E-state index >= 15 is 0 Å². The van der Waals surface area contributed by atoms with E-state index in [2.05, 4.69) is 5.32 Å². The van der Waals surface area contributed by atoms with Crippen LogP contribution in [0.1, 0.15) is 34.8 Å². The molecule has 32 heavy (non-hydrogen) atoms. The highest BCUT2D eigenvalue weighted by Gasteiger charge is 2.22. The summed E-state index contributed by atoms with van der Waals surface area (Å²) in [4.78, 5) is 24.9. The van der Waals surface area contributed by atoms with E-state index in [4.69, 9.17) is 9.84 Å². The van der Waals surface area contributed by atoms with Crippen LogP contribution in [-0.2, 0) is 11.2 Å². The minimum Gasteiger partial charge on any atom is -0.407 e. The molecule has 0 radical (unpaired) electrons. The zero-order valence-electron chi connectivity index (χ0n) is 18.1. The summed E-state index contributed by atoms with van der Waals surface area (Å²) < 4.78 is 7.30. The molecule has 7 heteroatoms. The Bertz CT molecular complexity index is 1240. The van der Waals surface area contributed by atoms with E-state index in [9.17, 15) is 9.59 Å². The molecule has 1 N–H and O–H groups in total. The van der Waals surface area contributed by atoms with Crippen molar-refractivity contribution in [2.24, 2.45) is 0 Å². The van der Waals surface area contributed by atoms with Gasteiger partial charge in [0.25, 0.3) is 5.91 Å². The number of hydrogen-bond donors (Lipinski definition) is 1. The van der Waals surface area contributed by atoms with Gasteiger partial charge in [-0.25, -0.2) is 0 Å². The van der Waals surface area contributed by atoms with Crippen LogP contribution in [0.2, 0.25) is 0 Å². The normalized spacial score (nSPS) is 10.7. The molecular formula is C25H23N3O3S. The first kappa shape index (κ1) is 21.5. The monoisotopic (exact) mass is 445 g/mol. The summed E-state index contributed by atoms with van der Waals surface area (Å²) in [7, 11) is 0. The van der Waals surface area contributed by atoms with Crippen molar-refractivity contribution < 1.29 is 14.3 Å². The first-order valence-corrected chi connectivity index (χ1v) is 11.2. The van der Waals surface area contributed by atoms with E-state index in [0.29, 0.717) is 22.9 Å². The number of carbonyl (C=O) groups is 2. The quantitative estimate of drug-likeness (QED) is 0.389. The maximum atomic E-state index is 12.3. The minimum absolute atomic E-state index is 0.144. The van der Waals surface area contributed by atoms with Crippen LogP contribution in [0.4, 0.5) is 5.69 Å². The number of carbonyl (C=O) groups excluding carboxylic acids is 2.